The number of hydrogen-bond donors (Lipinski definition) is 2. The first-order valence-corrected chi connectivity index (χ1v) is 9.98. The summed E-state index contributed by atoms with van der Waals surface area (Å²) in [6.45, 7) is 6.40. The maximum atomic E-state index is 11.7. The molecule has 0 unspecified atom stereocenters. The van der Waals surface area contributed by atoms with Gasteiger partial charge in [0.15, 0.2) is 0 Å². The fourth-order valence-corrected chi connectivity index (χ4v) is 3.58. The molecule has 0 saturated heterocycles. The summed E-state index contributed by atoms with van der Waals surface area (Å²) in [5.41, 5.74) is 7.94. The molecule has 3 rings (SSSR count). The number of carbonyl (C=O) groups is 1. The molecule has 148 valence electrons. The summed E-state index contributed by atoms with van der Waals surface area (Å²) in [7, 11) is 0. The molecule has 3 aromatic rings. The van der Waals surface area contributed by atoms with Crippen LogP contribution in [0.25, 0.3) is 20.8 Å². The number of thiazole rings is 1. The van der Waals surface area contributed by atoms with Crippen LogP contribution in [0.3, 0.4) is 0 Å². The van der Waals surface area contributed by atoms with Gasteiger partial charge in [0.2, 0.25) is 0 Å². The Bertz CT molecular complexity index is 930. The highest BCUT2D eigenvalue weighted by Gasteiger charge is 2.16. The third kappa shape index (κ3) is 5.36. The van der Waals surface area contributed by atoms with E-state index in [0.717, 1.165) is 20.8 Å². The molecule has 1 amide bonds. The van der Waals surface area contributed by atoms with E-state index in [0.29, 0.717) is 31.0 Å². The van der Waals surface area contributed by atoms with Crippen molar-refractivity contribution in [1.29, 1.82) is 0 Å². The number of anilines is 1. The zero-order valence-corrected chi connectivity index (χ0v) is 17.1. The van der Waals surface area contributed by atoms with Gasteiger partial charge in [0.1, 0.15) is 16.4 Å². The molecule has 0 aliphatic rings. The van der Waals surface area contributed by atoms with Gasteiger partial charge in [-0.15, -0.1) is 11.3 Å². The summed E-state index contributed by atoms with van der Waals surface area (Å²) in [6.07, 6.45) is 0.222. The second-order valence-electron chi connectivity index (χ2n) is 7.37. The normalized spacial score (nSPS) is 11.4. The van der Waals surface area contributed by atoms with E-state index in [9.17, 15) is 4.79 Å². The number of nitrogens with zero attached hydrogens (tertiary/aromatic N) is 1. The topological polar surface area (TPSA) is 86.5 Å². The highest BCUT2D eigenvalue weighted by Crippen LogP contribution is 2.36. The molecule has 0 atom stereocenters. The summed E-state index contributed by atoms with van der Waals surface area (Å²) in [6, 6.07) is 13.6. The Morgan fingerprint density at radius 2 is 2.00 bits per heavy atom. The van der Waals surface area contributed by atoms with Gasteiger partial charge in [0, 0.05) is 18.3 Å². The van der Waals surface area contributed by atoms with Crippen molar-refractivity contribution in [1.82, 2.24) is 10.3 Å². The molecular weight excluding hydrogens is 374 g/mol. The monoisotopic (exact) mass is 399 g/mol. The largest absolute Gasteiger partial charge is 0.493 e. The Morgan fingerprint density at radius 1 is 1.21 bits per heavy atom. The molecule has 3 N–H and O–H groups in total. The quantitative estimate of drug-likeness (QED) is 0.457. The number of carbonyl (C=O) groups excluding carboxylic acids is 1. The third-order valence-electron chi connectivity index (χ3n) is 3.78. The molecule has 1 aromatic heterocycles. The number of aromatic nitrogens is 1. The van der Waals surface area contributed by atoms with Crippen LogP contribution in [-0.2, 0) is 4.74 Å². The fraction of sp³-hybridized carbons (Fsp3) is 0.333. The smallest absolute Gasteiger partial charge is 0.407 e. The van der Waals surface area contributed by atoms with E-state index >= 15 is 0 Å². The van der Waals surface area contributed by atoms with Crippen molar-refractivity contribution >= 4 is 33.3 Å². The second kappa shape index (κ2) is 8.48. The van der Waals surface area contributed by atoms with Gasteiger partial charge in [-0.25, -0.2) is 9.78 Å². The van der Waals surface area contributed by atoms with Crippen LogP contribution in [0.5, 0.6) is 5.75 Å². The minimum absolute atomic E-state index is 0.424. The number of ether oxygens (including phenoxy) is 2. The zero-order valence-electron chi connectivity index (χ0n) is 16.3. The SMILES string of the molecule is CC(C)(C)OC(=O)NCCCOc1cc(N)ccc1-c1nc2ccccc2s1. The van der Waals surface area contributed by atoms with Crippen LogP contribution in [0, 0.1) is 0 Å². The number of rotatable bonds is 6. The first-order chi connectivity index (χ1) is 13.3. The molecule has 0 saturated carbocycles. The molecule has 1 heterocycles. The Morgan fingerprint density at radius 3 is 2.75 bits per heavy atom. The Labute approximate surface area is 168 Å². The molecular formula is C21H25N3O3S. The maximum Gasteiger partial charge on any atom is 0.407 e. The number of alkyl carbamates (subject to hydrolysis) is 1. The number of amides is 1. The van der Waals surface area contributed by atoms with Crippen LogP contribution >= 0.6 is 11.3 Å². The fourth-order valence-electron chi connectivity index (χ4n) is 2.58. The Balaban J connectivity index is 1.61. The minimum atomic E-state index is -0.506. The molecule has 28 heavy (non-hydrogen) atoms. The predicted molar refractivity (Wildman–Crippen MR) is 114 cm³/mol. The molecule has 0 radical (unpaired) electrons. The molecule has 0 spiro atoms. The van der Waals surface area contributed by atoms with E-state index in [1.165, 1.54) is 0 Å². The standard InChI is InChI=1S/C21H25N3O3S/c1-21(2,3)27-20(25)23-11-6-12-26-17-13-14(22)9-10-15(17)19-24-16-7-4-5-8-18(16)28-19/h4-5,7-10,13H,6,11-12,22H2,1-3H3,(H,23,25). The van der Waals surface area contributed by atoms with E-state index in [4.69, 9.17) is 20.2 Å². The van der Waals surface area contributed by atoms with Crippen molar-refractivity contribution in [2.75, 3.05) is 18.9 Å². The molecule has 0 aliphatic heterocycles. The van der Waals surface area contributed by atoms with Crippen LogP contribution in [-0.4, -0.2) is 29.8 Å². The number of benzene rings is 2. The average Bonchev–Trinajstić information content (AvgIpc) is 3.03. The lowest BCUT2D eigenvalue weighted by molar-refractivity contribution is 0.0525. The van der Waals surface area contributed by atoms with Crippen LogP contribution in [0.4, 0.5) is 10.5 Å². The van der Waals surface area contributed by atoms with Gasteiger partial charge in [0.05, 0.1) is 22.4 Å². The van der Waals surface area contributed by atoms with E-state index in [-0.39, 0.29) is 0 Å². The first kappa shape index (κ1) is 19.9. The van der Waals surface area contributed by atoms with Crippen LogP contribution < -0.4 is 15.8 Å². The molecule has 0 bridgehead atoms. The lowest BCUT2D eigenvalue weighted by Crippen LogP contribution is -2.33. The van der Waals surface area contributed by atoms with E-state index < -0.39 is 11.7 Å². The number of nitrogen functional groups attached to an aromatic ring is 1. The lowest BCUT2D eigenvalue weighted by Gasteiger charge is -2.19. The number of nitrogens with one attached hydrogen (secondary N) is 1. The molecule has 7 heteroatoms. The maximum absolute atomic E-state index is 11.7. The minimum Gasteiger partial charge on any atom is -0.493 e. The van der Waals surface area contributed by atoms with Crippen molar-refractivity contribution in [2.45, 2.75) is 32.8 Å². The van der Waals surface area contributed by atoms with Crippen molar-refractivity contribution in [3.05, 3.63) is 42.5 Å². The van der Waals surface area contributed by atoms with Crippen molar-refractivity contribution in [3.63, 3.8) is 0 Å². The summed E-state index contributed by atoms with van der Waals surface area (Å²) >= 11 is 1.62. The van der Waals surface area contributed by atoms with E-state index in [1.54, 1.807) is 11.3 Å². The van der Waals surface area contributed by atoms with Gasteiger partial charge in [-0.2, -0.15) is 0 Å². The summed E-state index contributed by atoms with van der Waals surface area (Å²) in [5, 5.41) is 3.62. The van der Waals surface area contributed by atoms with E-state index in [1.807, 2.05) is 57.2 Å². The Hall–Kier alpha value is -2.80. The summed E-state index contributed by atoms with van der Waals surface area (Å²) in [5.74, 6) is 0.691. The second-order valence-corrected chi connectivity index (χ2v) is 8.40. The average molecular weight is 400 g/mol. The lowest BCUT2D eigenvalue weighted by atomic mass is 10.2. The van der Waals surface area contributed by atoms with Gasteiger partial charge in [0.25, 0.3) is 0 Å². The molecule has 2 aromatic carbocycles. The van der Waals surface area contributed by atoms with Crippen molar-refractivity contribution in [3.8, 4) is 16.3 Å². The molecule has 0 fully saturated rings. The third-order valence-corrected chi connectivity index (χ3v) is 4.85. The predicted octanol–water partition coefficient (Wildman–Crippen LogP) is 4.84. The Kier molecular flexibility index (Phi) is 6.04. The number of fused-ring (bicyclic) bond motifs is 1. The zero-order chi connectivity index (χ0) is 20.1. The van der Waals surface area contributed by atoms with Gasteiger partial charge < -0.3 is 20.5 Å². The van der Waals surface area contributed by atoms with Crippen LogP contribution in [0.15, 0.2) is 42.5 Å². The van der Waals surface area contributed by atoms with Gasteiger partial charge in [-0.05, 0) is 51.5 Å². The van der Waals surface area contributed by atoms with E-state index in [2.05, 4.69) is 11.4 Å². The number of nitrogens with two attached hydrogens (primary N) is 1. The summed E-state index contributed by atoms with van der Waals surface area (Å²) in [4.78, 5) is 16.4. The number of hydrogen-bond acceptors (Lipinski definition) is 6. The van der Waals surface area contributed by atoms with Crippen LogP contribution in [0.2, 0.25) is 0 Å². The van der Waals surface area contributed by atoms with Crippen molar-refractivity contribution < 1.29 is 14.3 Å². The summed E-state index contributed by atoms with van der Waals surface area (Å²) < 4.78 is 12.3. The molecule has 6 nitrogen and oxygen atoms in total. The van der Waals surface area contributed by atoms with Gasteiger partial charge in [-0.1, -0.05) is 12.1 Å². The number of para-hydroxylation sites is 1. The van der Waals surface area contributed by atoms with Crippen molar-refractivity contribution in [2.24, 2.45) is 0 Å². The van der Waals surface area contributed by atoms with Gasteiger partial charge in [-0.3, -0.25) is 0 Å². The first-order valence-electron chi connectivity index (χ1n) is 9.17. The highest BCUT2D eigenvalue weighted by atomic mass is 32.1. The highest BCUT2D eigenvalue weighted by molar-refractivity contribution is 7.21. The van der Waals surface area contributed by atoms with Gasteiger partial charge >= 0.3 is 6.09 Å². The van der Waals surface area contributed by atoms with Crippen LogP contribution in [0.1, 0.15) is 27.2 Å². The molecule has 0 aliphatic carbocycles.